The number of fused-ring (bicyclic) bond motifs is 3. The molecule has 0 aliphatic heterocycles. The van der Waals surface area contributed by atoms with Gasteiger partial charge in [0, 0.05) is 5.56 Å². The van der Waals surface area contributed by atoms with Gasteiger partial charge in [0.25, 0.3) is 0 Å². The Labute approximate surface area is 86.4 Å². The lowest BCUT2D eigenvalue weighted by Crippen LogP contribution is -2.11. The molecule has 1 aromatic carbocycles. The summed E-state index contributed by atoms with van der Waals surface area (Å²) in [7, 11) is 0. The van der Waals surface area contributed by atoms with Gasteiger partial charge in [-0.3, -0.25) is 5.73 Å². The Balaban J connectivity index is 2.28. The molecular weight excluding hydrogens is 192 g/mol. The molecule has 2 aromatic rings. The predicted octanol–water partition coefficient (Wildman–Crippen LogP) is 1.91. The minimum Gasteiger partial charge on any atom is -0.278 e. The van der Waals surface area contributed by atoms with Crippen molar-refractivity contribution >= 4 is 16.5 Å². The first-order valence-electron chi connectivity index (χ1n) is 4.73. The van der Waals surface area contributed by atoms with Crippen molar-refractivity contribution in [2.75, 3.05) is 5.73 Å². The number of H-pyrrole nitrogens is 1. The average Bonchev–Trinajstić information content (AvgIpc) is 2.59. The number of rotatable bonds is 0. The Morgan fingerprint density at radius 2 is 2.07 bits per heavy atom. The number of benzene rings is 1. The summed E-state index contributed by atoms with van der Waals surface area (Å²) in [6.07, 6.45) is 2.25. The lowest BCUT2D eigenvalue weighted by Gasteiger charge is -2.12. The third-order valence-electron chi connectivity index (χ3n) is 2.67. The normalized spacial score (nSPS) is 13.4. The summed E-state index contributed by atoms with van der Waals surface area (Å²) in [5.41, 5.74) is 9.76. The molecule has 0 saturated heterocycles. The number of hydrogen-bond donors (Lipinski definition) is 1. The van der Waals surface area contributed by atoms with E-state index in [9.17, 15) is 0 Å². The van der Waals surface area contributed by atoms with Crippen LogP contribution in [0.4, 0.5) is 5.13 Å². The highest BCUT2D eigenvalue weighted by Gasteiger charge is 2.22. The Kier molecular flexibility index (Phi) is 1.61. The number of aromatic nitrogens is 1. The van der Waals surface area contributed by atoms with Crippen LogP contribution in [0, 0.1) is 0 Å². The first kappa shape index (κ1) is 8.00. The van der Waals surface area contributed by atoms with Crippen LogP contribution in [0.25, 0.3) is 11.3 Å². The van der Waals surface area contributed by atoms with E-state index in [1.54, 1.807) is 11.3 Å². The molecule has 0 bridgehead atoms. The van der Waals surface area contributed by atoms with Gasteiger partial charge in [-0.15, -0.1) is 0 Å². The van der Waals surface area contributed by atoms with Crippen molar-refractivity contribution in [2.45, 2.75) is 12.8 Å². The van der Waals surface area contributed by atoms with Gasteiger partial charge in [0.15, 0.2) is 0 Å². The fourth-order valence-corrected chi connectivity index (χ4v) is 2.91. The number of nitrogens with one attached hydrogen (secondary N) is 1. The van der Waals surface area contributed by atoms with Gasteiger partial charge in [-0.25, -0.2) is 4.98 Å². The van der Waals surface area contributed by atoms with Crippen molar-refractivity contribution in [3.63, 3.8) is 0 Å². The van der Waals surface area contributed by atoms with Crippen LogP contribution in [0.3, 0.4) is 0 Å². The van der Waals surface area contributed by atoms with E-state index >= 15 is 0 Å². The van der Waals surface area contributed by atoms with Crippen LogP contribution >= 0.6 is 11.3 Å². The van der Waals surface area contributed by atoms with Gasteiger partial charge in [-0.1, -0.05) is 35.6 Å². The second-order valence-electron chi connectivity index (χ2n) is 3.55. The molecule has 0 saturated carbocycles. The Hall–Kier alpha value is -1.35. The highest BCUT2D eigenvalue weighted by atomic mass is 32.1. The number of aryl methyl sites for hydroxylation is 2. The van der Waals surface area contributed by atoms with Gasteiger partial charge >= 0.3 is 5.13 Å². The number of nitrogen functional groups attached to an aromatic ring is 1. The van der Waals surface area contributed by atoms with Crippen LogP contribution in [0.5, 0.6) is 0 Å². The molecule has 0 radical (unpaired) electrons. The maximum absolute atomic E-state index is 5.78. The lowest BCUT2D eigenvalue weighted by atomic mass is 9.94. The molecule has 0 fully saturated rings. The van der Waals surface area contributed by atoms with Crippen LogP contribution in [0.15, 0.2) is 24.3 Å². The van der Waals surface area contributed by atoms with Crippen molar-refractivity contribution in [1.29, 1.82) is 0 Å². The number of hydrogen-bond acceptors (Lipinski definition) is 2. The van der Waals surface area contributed by atoms with E-state index < -0.39 is 0 Å². The van der Waals surface area contributed by atoms with Gasteiger partial charge < -0.3 is 0 Å². The molecule has 3 heteroatoms. The van der Waals surface area contributed by atoms with E-state index in [1.165, 1.54) is 21.7 Å². The average molecular weight is 203 g/mol. The molecular formula is C11H11N2S+. The molecule has 1 aromatic heterocycles. The summed E-state index contributed by atoms with van der Waals surface area (Å²) >= 11 is 1.68. The standard InChI is InChI=1S/C11H10N2S/c12-11-13-10-8-4-2-1-3-7(8)5-6-9(10)14-11/h1-4H,5-6H2,(H2,12,13)/p+1. The van der Waals surface area contributed by atoms with Crippen molar-refractivity contribution in [3.8, 4) is 11.3 Å². The Bertz CT molecular complexity index is 488. The predicted molar refractivity (Wildman–Crippen MR) is 58.1 cm³/mol. The van der Waals surface area contributed by atoms with E-state index in [2.05, 4.69) is 29.2 Å². The highest BCUT2D eigenvalue weighted by molar-refractivity contribution is 7.15. The van der Waals surface area contributed by atoms with E-state index in [1.807, 2.05) is 0 Å². The van der Waals surface area contributed by atoms with Crippen LogP contribution < -0.4 is 10.7 Å². The smallest absolute Gasteiger partial charge is 0.278 e. The van der Waals surface area contributed by atoms with Gasteiger partial charge in [0.1, 0.15) is 5.69 Å². The van der Waals surface area contributed by atoms with Gasteiger partial charge in [-0.2, -0.15) is 0 Å². The number of aromatic amines is 1. The molecule has 3 N–H and O–H groups in total. The van der Waals surface area contributed by atoms with E-state index in [-0.39, 0.29) is 0 Å². The van der Waals surface area contributed by atoms with Crippen molar-refractivity contribution in [3.05, 3.63) is 34.7 Å². The highest BCUT2D eigenvalue weighted by Crippen LogP contribution is 2.34. The summed E-state index contributed by atoms with van der Waals surface area (Å²) in [4.78, 5) is 4.64. The Morgan fingerprint density at radius 1 is 1.21 bits per heavy atom. The number of thiazole rings is 1. The van der Waals surface area contributed by atoms with Gasteiger partial charge in [-0.05, 0) is 18.4 Å². The van der Waals surface area contributed by atoms with Crippen LogP contribution in [-0.2, 0) is 12.8 Å². The first-order valence-corrected chi connectivity index (χ1v) is 5.55. The van der Waals surface area contributed by atoms with E-state index in [0.717, 1.165) is 18.0 Å². The van der Waals surface area contributed by atoms with Crippen molar-refractivity contribution < 1.29 is 4.98 Å². The third-order valence-corrected chi connectivity index (χ3v) is 3.64. The Morgan fingerprint density at radius 3 is 3.00 bits per heavy atom. The van der Waals surface area contributed by atoms with Crippen LogP contribution in [0.2, 0.25) is 0 Å². The van der Waals surface area contributed by atoms with Gasteiger partial charge in [0.2, 0.25) is 0 Å². The quantitative estimate of drug-likeness (QED) is 0.698. The molecule has 0 unspecified atom stereocenters. The summed E-state index contributed by atoms with van der Waals surface area (Å²) in [6, 6.07) is 8.53. The van der Waals surface area contributed by atoms with Crippen molar-refractivity contribution in [2.24, 2.45) is 0 Å². The number of nitrogens with two attached hydrogens (primary N) is 1. The summed E-state index contributed by atoms with van der Waals surface area (Å²) in [5.74, 6) is 0. The maximum atomic E-state index is 5.78. The zero-order valence-corrected chi connectivity index (χ0v) is 8.53. The third kappa shape index (κ3) is 1.06. The van der Waals surface area contributed by atoms with E-state index in [4.69, 9.17) is 5.73 Å². The zero-order valence-electron chi connectivity index (χ0n) is 7.71. The molecule has 14 heavy (non-hydrogen) atoms. The summed E-state index contributed by atoms with van der Waals surface area (Å²) < 4.78 is 0. The second kappa shape index (κ2) is 2.82. The SMILES string of the molecule is Nc1[nH+]c2c(s1)CCc1ccccc1-2. The largest absolute Gasteiger partial charge is 0.330 e. The molecule has 0 amide bonds. The molecule has 2 nitrogen and oxygen atoms in total. The molecule has 70 valence electrons. The minimum atomic E-state index is 0.812. The van der Waals surface area contributed by atoms with Gasteiger partial charge in [0.05, 0.1) is 4.88 Å². The maximum Gasteiger partial charge on any atom is 0.330 e. The second-order valence-corrected chi connectivity index (χ2v) is 4.68. The first-order chi connectivity index (χ1) is 6.84. The molecule has 0 spiro atoms. The summed E-state index contributed by atoms with van der Waals surface area (Å²) in [6.45, 7) is 0. The fourth-order valence-electron chi connectivity index (χ4n) is 2.03. The minimum absolute atomic E-state index is 0.812. The summed E-state index contributed by atoms with van der Waals surface area (Å²) in [5, 5.41) is 0.812. The lowest BCUT2D eigenvalue weighted by molar-refractivity contribution is -0.341. The van der Waals surface area contributed by atoms with E-state index in [0.29, 0.717) is 0 Å². The monoisotopic (exact) mass is 203 g/mol. The van der Waals surface area contributed by atoms with Crippen LogP contribution in [-0.4, -0.2) is 0 Å². The molecule has 0 atom stereocenters. The molecule has 1 aliphatic carbocycles. The molecule has 1 heterocycles. The zero-order chi connectivity index (χ0) is 9.54. The topological polar surface area (TPSA) is 40.2 Å². The molecule has 1 aliphatic rings. The van der Waals surface area contributed by atoms with Crippen LogP contribution in [0.1, 0.15) is 10.4 Å². The fraction of sp³-hybridized carbons (Fsp3) is 0.182. The molecule has 3 rings (SSSR count). The van der Waals surface area contributed by atoms with Crippen molar-refractivity contribution in [1.82, 2.24) is 0 Å². The number of anilines is 1.